The van der Waals surface area contributed by atoms with Crippen molar-refractivity contribution in [1.82, 2.24) is 9.78 Å². The number of nitrogens with two attached hydrogens (primary N) is 1. The zero-order valence-electron chi connectivity index (χ0n) is 10.5. The Bertz CT molecular complexity index is 528. The van der Waals surface area contributed by atoms with Crippen LogP contribution in [0.15, 0.2) is 24.3 Å². The van der Waals surface area contributed by atoms with Crippen molar-refractivity contribution >= 4 is 11.5 Å². The van der Waals surface area contributed by atoms with Crippen LogP contribution in [0.25, 0.3) is 0 Å². The Morgan fingerprint density at radius 1 is 1.35 bits per heavy atom. The molecule has 0 aliphatic rings. The number of hydrogen-bond donors (Lipinski definition) is 2. The van der Waals surface area contributed by atoms with E-state index in [0.29, 0.717) is 0 Å². The standard InChI is InChI=1S/C13H18N4/c1-9-5-4-6-11(7-9)8-15-13-12(14)10(2)16-17(13)3/h4-7,15H,8,14H2,1-3H3. The molecule has 17 heavy (non-hydrogen) atoms. The van der Waals surface area contributed by atoms with E-state index >= 15 is 0 Å². The quantitative estimate of drug-likeness (QED) is 0.850. The second-order valence-electron chi connectivity index (χ2n) is 4.31. The minimum atomic E-state index is 0.722. The summed E-state index contributed by atoms with van der Waals surface area (Å²) in [6.07, 6.45) is 0. The van der Waals surface area contributed by atoms with Crippen molar-refractivity contribution in [3.8, 4) is 0 Å². The Morgan fingerprint density at radius 3 is 2.71 bits per heavy atom. The first kappa shape index (κ1) is 11.5. The number of benzene rings is 1. The third kappa shape index (κ3) is 2.41. The van der Waals surface area contributed by atoms with Gasteiger partial charge in [0.1, 0.15) is 5.82 Å². The van der Waals surface area contributed by atoms with Crippen molar-refractivity contribution in [3.63, 3.8) is 0 Å². The molecular weight excluding hydrogens is 212 g/mol. The van der Waals surface area contributed by atoms with Crippen LogP contribution in [0.4, 0.5) is 11.5 Å². The lowest BCUT2D eigenvalue weighted by Crippen LogP contribution is -2.06. The highest BCUT2D eigenvalue weighted by atomic mass is 15.3. The summed E-state index contributed by atoms with van der Waals surface area (Å²) in [5.41, 5.74) is 10.0. The normalized spacial score (nSPS) is 10.5. The first-order valence-electron chi connectivity index (χ1n) is 5.66. The molecule has 0 saturated carbocycles. The molecule has 0 aliphatic heterocycles. The van der Waals surface area contributed by atoms with Crippen molar-refractivity contribution < 1.29 is 0 Å². The zero-order valence-corrected chi connectivity index (χ0v) is 10.5. The zero-order chi connectivity index (χ0) is 12.4. The van der Waals surface area contributed by atoms with Gasteiger partial charge in [-0.3, -0.25) is 4.68 Å². The molecule has 0 radical (unpaired) electrons. The molecule has 3 N–H and O–H groups in total. The first-order chi connectivity index (χ1) is 8.08. The van der Waals surface area contributed by atoms with E-state index in [1.54, 1.807) is 4.68 Å². The second kappa shape index (κ2) is 4.49. The molecule has 0 spiro atoms. The molecule has 2 aromatic rings. The van der Waals surface area contributed by atoms with Crippen LogP contribution in [0.3, 0.4) is 0 Å². The highest BCUT2D eigenvalue weighted by Gasteiger charge is 2.08. The van der Waals surface area contributed by atoms with E-state index in [0.717, 1.165) is 23.7 Å². The van der Waals surface area contributed by atoms with Gasteiger partial charge in [0.25, 0.3) is 0 Å². The number of nitrogens with zero attached hydrogens (tertiary/aromatic N) is 2. The SMILES string of the molecule is Cc1cccc(CNc2c(N)c(C)nn2C)c1. The number of nitrogen functional groups attached to an aromatic ring is 1. The largest absolute Gasteiger partial charge is 0.394 e. The van der Waals surface area contributed by atoms with Crippen molar-refractivity contribution in [2.45, 2.75) is 20.4 Å². The van der Waals surface area contributed by atoms with Crippen molar-refractivity contribution in [2.24, 2.45) is 7.05 Å². The summed E-state index contributed by atoms with van der Waals surface area (Å²) in [6, 6.07) is 8.40. The maximum Gasteiger partial charge on any atom is 0.148 e. The third-order valence-corrected chi connectivity index (χ3v) is 2.81. The van der Waals surface area contributed by atoms with Crippen LogP contribution in [0, 0.1) is 13.8 Å². The molecule has 0 fully saturated rings. The average Bonchev–Trinajstić information content (AvgIpc) is 2.51. The highest BCUT2D eigenvalue weighted by Crippen LogP contribution is 2.21. The summed E-state index contributed by atoms with van der Waals surface area (Å²) in [5.74, 6) is 0.879. The Morgan fingerprint density at radius 2 is 2.12 bits per heavy atom. The monoisotopic (exact) mass is 230 g/mol. The van der Waals surface area contributed by atoms with Crippen LogP contribution in [-0.2, 0) is 13.6 Å². The van der Waals surface area contributed by atoms with Gasteiger partial charge < -0.3 is 11.1 Å². The Labute approximate surface area is 101 Å². The van der Waals surface area contributed by atoms with Gasteiger partial charge in [0.05, 0.1) is 11.4 Å². The number of aromatic nitrogens is 2. The summed E-state index contributed by atoms with van der Waals surface area (Å²) in [7, 11) is 1.89. The van der Waals surface area contributed by atoms with Crippen LogP contribution in [-0.4, -0.2) is 9.78 Å². The van der Waals surface area contributed by atoms with E-state index in [2.05, 4.69) is 41.6 Å². The number of aryl methyl sites for hydroxylation is 3. The second-order valence-corrected chi connectivity index (χ2v) is 4.31. The van der Waals surface area contributed by atoms with Crippen molar-refractivity contribution in [2.75, 3.05) is 11.1 Å². The van der Waals surface area contributed by atoms with Crippen molar-refractivity contribution in [3.05, 3.63) is 41.1 Å². The smallest absolute Gasteiger partial charge is 0.148 e. The maximum absolute atomic E-state index is 5.95. The molecule has 1 aromatic carbocycles. The average molecular weight is 230 g/mol. The van der Waals surface area contributed by atoms with E-state index in [1.165, 1.54) is 11.1 Å². The maximum atomic E-state index is 5.95. The minimum Gasteiger partial charge on any atom is -0.394 e. The van der Waals surface area contributed by atoms with Gasteiger partial charge in [0.2, 0.25) is 0 Å². The molecule has 0 saturated heterocycles. The molecule has 0 aliphatic carbocycles. The number of nitrogens with one attached hydrogen (secondary N) is 1. The third-order valence-electron chi connectivity index (χ3n) is 2.81. The van der Waals surface area contributed by atoms with Crippen molar-refractivity contribution in [1.29, 1.82) is 0 Å². The summed E-state index contributed by atoms with van der Waals surface area (Å²) in [6.45, 7) is 4.75. The number of hydrogen-bond acceptors (Lipinski definition) is 3. The predicted octanol–water partition coefficient (Wildman–Crippen LogP) is 2.23. The molecule has 4 heteroatoms. The van der Waals surface area contributed by atoms with Gasteiger partial charge in [0.15, 0.2) is 0 Å². The molecule has 4 nitrogen and oxygen atoms in total. The summed E-state index contributed by atoms with van der Waals surface area (Å²) >= 11 is 0. The van der Waals surface area contributed by atoms with Crippen LogP contribution in [0.2, 0.25) is 0 Å². The molecule has 0 unspecified atom stereocenters. The first-order valence-corrected chi connectivity index (χ1v) is 5.66. The van der Waals surface area contributed by atoms with E-state index < -0.39 is 0 Å². The molecule has 2 rings (SSSR count). The van der Waals surface area contributed by atoms with Gasteiger partial charge in [-0.2, -0.15) is 5.10 Å². The van der Waals surface area contributed by atoms with E-state index in [1.807, 2.05) is 14.0 Å². The van der Waals surface area contributed by atoms with Crippen LogP contribution in [0.1, 0.15) is 16.8 Å². The van der Waals surface area contributed by atoms with E-state index in [4.69, 9.17) is 5.73 Å². The van der Waals surface area contributed by atoms with E-state index in [9.17, 15) is 0 Å². The fourth-order valence-electron chi connectivity index (χ4n) is 1.89. The lowest BCUT2D eigenvalue weighted by Gasteiger charge is -2.08. The lowest BCUT2D eigenvalue weighted by molar-refractivity contribution is 0.758. The Hall–Kier alpha value is -1.97. The minimum absolute atomic E-state index is 0.722. The molecule has 0 bridgehead atoms. The topological polar surface area (TPSA) is 55.9 Å². The van der Waals surface area contributed by atoms with Crippen LogP contribution >= 0.6 is 0 Å². The molecule has 1 heterocycles. The van der Waals surface area contributed by atoms with Gasteiger partial charge in [-0.05, 0) is 19.4 Å². The summed E-state index contributed by atoms with van der Waals surface area (Å²) in [4.78, 5) is 0. The predicted molar refractivity (Wildman–Crippen MR) is 70.9 cm³/mol. The van der Waals surface area contributed by atoms with E-state index in [-0.39, 0.29) is 0 Å². The fraction of sp³-hybridized carbons (Fsp3) is 0.308. The summed E-state index contributed by atoms with van der Waals surface area (Å²) < 4.78 is 1.78. The van der Waals surface area contributed by atoms with Crippen LogP contribution < -0.4 is 11.1 Å². The van der Waals surface area contributed by atoms with Gasteiger partial charge in [-0.15, -0.1) is 0 Å². The molecule has 90 valence electrons. The number of rotatable bonds is 3. The Balaban J connectivity index is 2.12. The molecular formula is C13H18N4. The molecule has 0 amide bonds. The van der Waals surface area contributed by atoms with Gasteiger partial charge >= 0.3 is 0 Å². The fourth-order valence-corrected chi connectivity index (χ4v) is 1.89. The lowest BCUT2D eigenvalue weighted by atomic mass is 10.1. The highest BCUT2D eigenvalue weighted by molar-refractivity contribution is 5.64. The Kier molecular flexibility index (Phi) is 3.04. The molecule has 0 atom stereocenters. The van der Waals surface area contributed by atoms with Gasteiger partial charge in [0, 0.05) is 13.6 Å². The number of anilines is 2. The van der Waals surface area contributed by atoms with Crippen LogP contribution in [0.5, 0.6) is 0 Å². The molecule has 1 aromatic heterocycles. The van der Waals surface area contributed by atoms with Gasteiger partial charge in [-0.25, -0.2) is 0 Å². The summed E-state index contributed by atoms with van der Waals surface area (Å²) in [5, 5.41) is 7.59. The van der Waals surface area contributed by atoms with Gasteiger partial charge in [-0.1, -0.05) is 29.8 Å².